The van der Waals surface area contributed by atoms with Crippen molar-refractivity contribution in [2.24, 2.45) is 5.73 Å². The average molecular weight is 372 g/mol. The molecule has 3 N–H and O–H groups in total. The Hall–Kier alpha value is -2.05. The van der Waals surface area contributed by atoms with Gasteiger partial charge in [0.25, 0.3) is 0 Å². The van der Waals surface area contributed by atoms with E-state index in [1.54, 1.807) is 0 Å². The molecule has 0 saturated heterocycles. The van der Waals surface area contributed by atoms with Crippen LogP contribution in [0.3, 0.4) is 0 Å². The summed E-state index contributed by atoms with van der Waals surface area (Å²) in [6.07, 6.45) is 1.99. The summed E-state index contributed by atoms with van der Waals surface area (Å²) in [6, 6.07) is 3.80. The molecular formula is C19H27F3N2O2. The minimum Gasteiger partial charge on any atom is -0.368 e. The zero-order chi connectivity index (χ0) is 19.6. The number of amides is 2. The highest BCUT2D eigenvalue weighted by Gasteiger charge is 2.30. The lowest BCUT2D eigenvalue weighted by Crippen LogP contribution is -2.45. The number of halogens is 3. The smallest absolute Gasteiger partial charge is 0.368 e. The number of carbonyl (C=O) groups is 2. The molecule has 146 valence electrons. The molecule has 7 heteroatoms. The van der Waals surface area contributed by atoms with Crippen molar-refractivity contribution in [1.82, 2.24) is 5.32 Å². The summed E-state index contributed by atoms with van der Waals surface area (Å²) in [7, 11) is 0. The lowest BCUT2D eigenvalue weighted by atomic mass is 10.0. The van der Waals surface area contributed by atoms with E-state index in [1.165, 1.54) is 18.6 Å². The topological polar surface area (TPSA) is 72.2 Å². The molecule has 0 radical (unpaired) electrons. The summed E-state index contributed by atoms with van der Waals surface area (Å²) in [5.41, 5.74) is 4.75. The van der Waals surface area contributed by atoms with E-state index >= 15 is 0 Å². The average Bonchev–Trinajstić information content (AvgIpc) is 2.56. The van der Waals surface area contributed by atoms with E-state index in [4.69, 9.17) is 5.73 Å². The van der Waals surface area contributed by atoms with Crippen molar-refractivity contribution in [3.05, 3.63) is 35.4 Å². The predicted molar refractivity (Wildman–Crippen MR) is 94.3 cm³/mol. The van der Waals surface area contributed by atoms with E-state index in [9.17, 15) is 22.8 Å². The molecule has 0 aromatic heterocycles. The van der Waals surface area contributed by atoms with Gasteiger partial charge < -0.3 is 11.1 Å². The monoisotopic (exact) mass is 372 g/mol. The van der Waals surface area contributed by atoms with Crippen LogP contribution in [0.1, 0.15) is 63.0 Å². The molecule has 0 spiro atoms. The van der Waals surface area contributed by atoms with Crippen LogP contribution in [0.2, 0.25) is 0 Å². The normalized spacial score (nSPS) is 12.6. The molecule has 4 nitrogen and oxygen atoms in total. The largest absolute Gasteiger partial charge is 0.416 e. The van der Waals surface area contributed by atoms with E-state index in [2.05, 4.69) is 12.2 Å². The van der Waals surface area contributed by atoms with Crippen LogP contribution < -0.4 is 11.1 Å². The van der Waals surface area contributed by atoms with Crippen LogP contribution in [0, 0.1) is 0 Å². The first-order chi connectivity index (χ1) is 12.2. The molecule has 0 fully saturated rings. The summed E-state index contributed by atoms with van der Waals surface area (Å²) >= 11 is 0. The van der Waals surface area contributed by atoms with E-state index < -0.39 is 29.6 Å². The van der Waals surface area contributed by atoms with Gasteiger partial charge in [0.15, 0.2) is 0 Å². The maximum atomic E-state index is 12.7. The van der Waals surface area contributed by atoms with Crippen molar-refractivity contribution in [3.8, 4) is 0 Å². The van der Waals surface area contributed by atoms with E-state index in [1.807, 2.05) is 0 Å². The molecule has 0 saturated carbocycles. The van der Waals surface area contributed by atoms with Crippen LogP contribution in [0.5, 0.6) is 0 Å². The van der Waals surface area contributed by atoms with Crippen molar-refractivity contribution in [1.29, 1.82) is 0 Å². The van der Waals surface area contributed by atoms with Crippen LogP contribution in [-0.2, 0) is 22.2 Å². The third-order valence-electron chi connectivity index (χ3n) is 4.14. The highest BCUT2D eigenvalue weighted by Crippen LogP contribution is 2.29. The van der Waals surface area contributed by atoms with Gasteiger partial charge in [0, 0.05) is 0 Å². The third-order valence-corrected chi connectivity index (χ3v) is 4.14. The van der Waals surface area contributed by atoms with Crippen LogP contribution in [0.25, 0.3) is 0 Å². The standard InChI is InChI=1S/C19H27F3N2O2/c1-2-3-4-5-6-7-11-16(18(23)26)24-17(25)13-14-9-8-10-15(12-14)19(20,21)22/h8-10,12,16H,2-7,11,13H2,1H3,(H2,23,26)(H,24,25)/t16-/m0/s1. The molecule has 2 amide bonds. The number of benzene rings is 1. The van der Waals surface area contributed by atoms with Gasteiger partial charge in [0.05, 0.1) is 12.0 Å². The van der Waals surface area contributed by atoms with Crippen molar-refractivity contribution < 1.29 is 22.8 Å². The zero-order valence-electron chi connectivity index (χ0n) is 15.1. The highest BCUT2D eigenvalue weighted by atomic mass is 19.4. The van der Waals surface area contributed by atoms with Gasteiger partial charge >= 0.3 is 6.18 Å². The Kier molecular flexibility index (Phi) is 9.16. The van der Waals surface area contributed by atoms with Crippen molar-refractivity contribution in [3.63, 3.8) is 0 Å². The van der Waals surface area contributed by atoms with E-state index in [0.717, 1.165) is 44.2 Å². The van der Waals surface area contributed by atoms with Gasteiger partial charge in [-0.25, -0.2) is 0 Å². The highest BCUT2D eigenvalue weighted by molar-refractivity contribution is 5.87. The number of rotatable bonds is 11. The second-order valence-electron chi connectivity index (χ2n) is 6.45. The summed E-state index contributed by atoms with van der Waals surface area (Å²) in [6.45, 7) is 2.13. The number of unbranched alkanes of at least 4 members (excludes halogenated alkanes) is 5. The van der Waals surface area contributed by atoms with Crippen LogP contribution in [0.4, 0.5) is 13.2 Å². The number of alkyl halides is 3. The molecule has 0 aliphatic rings. The van der Waals surface area contributed by atoms with Gasteiger partial charge in [0.2, 0.25) is 11.8 Å². The number of hydrogen-bond donors (Lipinski definition) is 2. The van der Waals surface area contributed by atoms with Crippen LogP contribution >= 0.6 is 0 Å². The first kappa shape index (κ1) is 22.0. The first-order valence-corrected chi connectivity index (χ1v) is 8.99. The van der Waals surface area contributed by atoms with Gasteiger partial charge in [-0.2, -0.15) is 13.2 Å². The molecule has 0 aliphatic carbocycles. The fourth-order valence-electron chi connectivity index (χ4n) is 2.70. The summed E-state index contributed by atoms with van der Waals surface area (Å²) in [5.74, 6) is -1.14. The Morgan fingerprint density at radius 3 is 2.38 bits per heavy atom. The molecule has 0 bridgehead atoms. The second kappa shape index (κ2) is 10.8. The fourth-order valence-corrected chi connectivity index (χ4v) is 2.70. The number of nitrogens with two attached hydrogens (primary N) is 1. The van der Waals surface area contributed by atoms with Gasteiger partial charge in [-0.05, 0) is 18.1 Å². The minimum atomic E-state index is -4.46. The number of hydrogen-bond acceptors (Lipinski definition) is 2. The van der Waals surface area contributed by atoms with Crippen LogP contribution in [-0.4, -0.2) is 17.9 Å². The van der Waals surface area contributed by atoms with Gasteiger partial charge in [-0.15, -0.1) is 0 Å². The zero-order valence-corrected chi connectivity index (χ0v) is 15.1. The molecule has 1 aromatic rings. The number of carbonyl (C=O) groups excluding carboxylic acids is 2. The lowest BCUT2D eigenvalue weighted by molar-refractivity contribution is -0.137. The first-order valence-electron chi connectivity index (χ1n) is 8.99. The summed E-state index contributed by atoms with van der Waals surface area (Å²) < 4.78 is 38.1. The Bertz CT molecular complexity index is 588. The molecule has 1 aromatic carbocycles. The minimum absolute atomic E-state index is 0.232. The van der Waals surface area contributed by atoms with Gasteiger partial charge in [0.1, 0.15) is 6.04 Å². The van der Waals surface area contributed by atoms with Crippen molar-refractivity contribution in [2.45, 2.75) is 70.5 Å². The summed E-state index contributed by atoms with van der Waals surface area (Å²) in [5, 5.41) is 2.53. The Labute approximate surface area is 152 Å². The molecule has 1 atom stereocenters. The maximum Gasteiger partial charge on any atom is 0.416 e. The number of nitrogens with one attached hydrogen (secondary N) is 1. The Balaban J connectivity index is 2.51. The van der Waals surface area contributed by atoms with Crippen molar-refractivity contribution >= 4 is 11.8 Å². The molecule has 1 rings (SSSR count). The third kappa shape index (κ3) is 8.36. The maximum absolute atomic E-state index is 12.7. The molecule has 0 heterocycles. The number of primary amides is 1. The SMILES string of the molecule is CCCCCCCC[C@H](NC(=O)Cc1cccc(C(F)(F)F)c1)C(N)=O. The predicted octanol–water partition coefficient (Wildman–Crippen LogP) is 3.97. The quantitative estimate of drug-likeness (QED) is 0.577. The molecule has 0 aliphatic heterocycles. The molecule has 0 unspecified atom stereocenters. The summed E-state index contributed by atoms with van der Waals surface area (Å²) in [4.78, 5) is 23.6. The van der Waals surface area contributed by atoms with E-state index in [0.29, 0.717) is 6.42 Å². The van der Waals surface area contributed by atoms with E-state index in [-0.39, 0.29) is 12.0 Å². The van der Waals surface area contributed by atoms with Gasteiger partial charge in [-0.3, -0.25) is 9.59 Å². The fraction of sp³-hybridized carbons (Fsp3) is 0.579. The van der Waals surface area contributed by atoms with Crippen LogP contribution in [0.15, 0.2) is 24.3 Å². The molecule has 26 heavy (non-hydrogen) atoms. The Morgan fingerprint density at radius 2 is 1.77 bits per heavy atom. The second-order valence-corrected chi connectivity index (χ2v) is 6.45. The van der Waals surface area contributed by atoms with Crippen molar-refractivity contribution in [2.75, 3.05) is 0 Å². The Morgan fingerprint density at radius 1 is 1.12 bits per heavy atom. The van der Waals surface area contributed by atoms with Gasteiger partial charge in [-0.1, -0.05) is 63.6 Å². The molecular weight excluding hydrogens is 345 g/mol. The lowest BCUT2D eigenvalue weighted by Gasteiger charge is -2.16.